The highest BCUT2D eigenvalue weighted by Gasteiger charge is 2.24. The van der Waals surface area contributed by atoms with E-state index in [1.165, 1.54) is 24.0 Å². The van der Waals surface area contributed by atoms with Crippen LogP contribution in [-0.2, 0) is 16.3 Å². The smallest absolute Gasteiger partial charge is 0.191 e. The van der Waals surface area contributed by atoms with Gasteiger partial charge in [-0.05, 0) is 68.4 Å². The van der Waals surface area contributed by atoms with Gasteiger partial charge in [0.2, 0.25) is 0 Å². The third kappa shape index (κ3) is 6.55. The van der Waals surface area contributed by atoms with Crippen molar-refractivity contribution < 1.29 is 8.42 Å². The fraction of sp³-hybridized carbons (Fsp3) is 0.500. The highest BCUT2D eigenvalue weighted by molar-refractivity contribution is 7.90. The van der Waals surface area contributed by atoms with E-state index in [2.05, 4.69) is 40.0 Å². The number of hydrogen-bond acceptors (Lipinski definition) is 5. The maximum absolute atomic E-state index is 11.6. The monoisotopic (exact) mass is 448 g/mol. The van der Waals surface area contributed by atoms with E-state index in [9.17, 15) is 8.42 Å². The van der Waals surface area contributed by atoms with Crippen molar-refractivity contribution in [2.75, 3.05) is 39.0 Å². The molecule has 1 saturated heterocycles. The molecule has 1 fully saturated rings. The molecule has 6 nitrogen and oxygen atoms in total. The standard InChI is InChI=1S/C22H32N4O2S2/c1-3-23-22(24-13-12-18-8-10-19(11-9-18)30(2,27)28)25-17-20(21-7-6-16-29-21)26-14-4-5-15-26/h6-11,16,20H,3-5,12-15,17H2,1-2H3,(H2,23,24,25). The quantitative estimate of drug-likeness (QED) is 0.456. The number of guanidine groups is 1. The molecule has 8 heteroatoms. The Kier molecular flexibility index (Phi) is 8.30. The van der Waals surface area contributed by atoms with Crippen molar-refractivity contribution in [1.82, 2.24) is 15.5 Å². The first-order valence-electron chi connectivity index (χ1n) is 10.6. The molecule has 2 N–H and O–H groups in total. The summed E-state index contributed by atoms with van der Waals surface area (Å²) < 4.78 is 23.2. The molecule has 30 heavy (non-hydrogen) atoms. The van der Waals surface area contributed by atoms with E-state index in [0.29, 0.717) is 10.9 Å². The van der Waals surface area contributed by atoms with Gasteiger partial charge in [0.15, 0.2) is 15.8 Å². The molecule has 1 aliphatic rings. The van der Waals surface area contributed by atoms with Crippen LogP contribution < -0.4 is 10.6 Å². The molecular formula is C22H32N4O2S2. The van der Waals surface area contributed by atoms with Crippen LogP contribution in [0.5, 0.6) is 0 Å². The Morgan fingerprint density at radius 1 is 1.17 bits per heavy atom. The van der Waals surface area contributed by atoms with E-state index in [0.717, 1.165) is 50.7 Å². The third-order valence-corrected chi connectivity index (χ3v) is 7.38. The molecule has 1 aromatic heterocycles. The molecule has 0 spiro atoms. The molecule has 0 bridgehead atoms. The number of likely N-dealkylation sites (tertiary alicyclic amines) is 1. The molecule has 1 unspecified atom stereocenters. The molecule has 1 atom stereocenters. The highest BCUT2D eigenvalue weighted by Crippen LogP contribution is 2.28. The van der Waals surface area contributed by atoms with Crippen molar-refractivity contribution in [2.24, 2.45) is 4.99 Å². The topological polar surface area (TPSA) is 73.8 Å². The second kappa shape index (κ2) is 10.9. The SMILES string of the molecule is CCNC(=NCC(c1cccs1)N1CCCC1)NCCc1ccc(S(C)(=O)=O)cc1. The van der Waals surface area contributed by atoms with Crippen molar-refractivity contribution in [2.45, 2.75) is 37.1 Å². The van der Waals surface area contributed by atoms with Crippen LogP contribution in [0.1, 0.15) is 36.2 Å². The summed E-state index contributed by atoms with van der Waals surface area (Å²) >= 11 is 1.81. The minimum atomic E-state index is -3.15. The summed E-state index contributed by atoms with van der Waals surface area (Å²) in [6, 6.07) is 11.8. The zero-order chi connectivity index (χ0) is 21.4. The molecule has 2 heterocycles. The Morgan fingerprint density at radius 2 is 1.90 bits per heavy atom. The molecule has 164 valence electrons. The maximum atomic E-state index is 11.6. The molecule has 0 radical (unpaired) electrons. The number of hydrogen-bond donors (Lipinski definition) is 2. The van der Waals surface area contributed by atoms with Crippen molar-refractivity contribution >= 4 is 27.1 Å². The molecule has 1 aliphatic heterocycles. The summed E-state index contributed by atoms with van der Waals surface area (Å²) in [4.78, 5) is 9.15. The van der Waals surface area contributed by atoms with Crippen molar-refractivity contribution in [3.8, 4) is 0 Å². The average molecular weight is 449 g/mol. The van der Waals surface area contributed by atoms with Gasteiger partial charge in [-0.2, -0.15) is 0 Å². The summed E-state index contributed by atoms with van der Waals surface area (Å²) in [5.41, 5.74) is 1.10. The van der Waals surface area contributed by atoms with Gasteiger partial charge in [-0.15, -0.1) is 11.3 Å². The molecule has 2 aromatic rings. The minimum absolute atomic E-state index is 0.339. The highest BCUT2D eigenvalue weighted by atomic mass is 32.2. The lowest BCUT2D eigenvalue weighted by molar-refractivity contribution is 0.255. The second-order valence-electron chi connectivity index (χ2n) is 7.59. The van der Waals surface area contributed by atoms with Gasteiger partial charge in [0.25, 0.3) is 0 Å². The number of sulfone groups is 1. The predicted octanol–water partition coefficient (Wildman–Crippen LogP) is 3.09. The van der Waals surface area contributed by atoms with Gasteiger partial charge in [0.1, 0.15) is 0 Å². The minimum Gasteiger partial charge on any atom is -0.357 e. The first kappa shape index (κ1) is 22.8. The molecular weight excluding hydrogens is 416 g/mol. The van der Waals surface area contributed by atoms with E-state index in [4.69, 9.17) is 4.99 Å². The molecule has 0 saturated carbocycles. The van der Waals surface area contributed by atoms with Gasteiger partial charge >= 0.3 is 0 Å². The van der Waals surface area contributed by atoms with E-state index >= 15 is 0 Å². The van der Waals surface area contributed by atoms with E-state index in [1.54, 1.807) is 23.5 Å². The number of thiophene rings is 1. The van der Waals surface area contributed by atoms with E-state index < -0.39 is 9.84 Å². The molecule has 0 amide bonds. The lowest BCUT2D eigenvalue weighted by Gasteiger charge is -2.25. The zero-order valence-corrected chi connectivity index (χ0v) is 19.4. The summed E-state index contributed by atoms with van der Waals surface area (Å²) in [6.07, 6.45) is 4.56. The summed E-state index contributed by atoms with van der Waals surface area (Å²) in [7, 11) is -3.15. The number of aliphatic imine (C=N–C) groups is 1. The fourth-order valence-electron chi connectivity index (χ4n) is 3.67. The Hall–Kier alpha value is -1.90. The summed E-state index contributed by atoms with van der Waals surface area (Å²) in [5.74, 6) is 0.825. The van der Waals surface area contributed by atoms with Crippen LogP contribution in [-0.4, -0.2) is 58.3 Å². The Bertz CT molecular complexity index is 903. The van der Waals surface area contributed by atoms with Crippen LogP contribution >= 0.6 is 11.3 Å². The van der Waals surface area contributed by atoms with Gasteiger partial charge in [0.05, 0.1) is 17.5 Å². The Morgan fingerprint density at radius 3 is 2.50 bits per heavy atom. The van der Waals surface area contributed by atoms with Crippen LogP contribution in [0, 0.1) is 0 Å². The molecule has 0 aliphatic carbocycles. The van der Waals surface area contributed by atoms with Gasteiger partial charge < -0.3 is 10.6 Å². The first-order valence-corrected chi connectivity index (χ1v) is 13.3. The predicted molar refractivity (Wildman–Crippen MR) is 125 cm³/mol. The first-order chi connectivity index (χ1) is 14.5. The van der Waals surface area contributed by atoms with Crippen LogP contribution in [0.2, 0.25) is 0 Å². The van der Waals surface area contributed by atoms with Crippen molar-refractivity contribution in [1.29, 1.82) is 0 Å². The van der Waals surface area contributed by atoms with Crippen LogP contribution in [0.3, 0.4) is 0 Å². The summed E-state index contributed by atoms with van der Waals surface area (Å²) in [6.45, 7) is 6.63. The van der Waals surface area contributed by atoms with Gasteiger partial charge in [-0.1, -0.05) is 18.2 Å². The molecule has 3 rings (SSSR count). The lowest BCUT2D eigenvalue weighted by atomic mass is 10.1. The van der Waals surface area contributed by atoms with Gasteiger partial charge in [0, 0.05) is 24.2 Å². The van der Waals surface area contributed by atoms with Crippen LogP contribution in [0.25, 0.3) is 0 Å². The number of nitrogens with one attached hydrogen (secondary N) is 2. The van der Waals surface area contributed by atoms with E-state index in [-0.39, 0.29) is 0 Å². The number of benzene rings is 1. The normalized spacial score (nSPS) is 16.5. The fourth-order valence-corrected chi connectivity index (χ4v) is 5.15. The average Bonchev–Trinajstić information content (AvgIpc) is 3.43. The van der Waals surface area contributed by atoms with Crippen LogP contribution in [0.4, 0.5) is 0 Å². The lowest BCUT2D eigenvalue weighted by Crippen LogP contribution is -2.39. The largest absolute Gasteiger partial charge is 0.357 e. The van der Waals surface area contributed by atoms with Gasteiger partial charge in [-0.3, -0.25) is 9.89 Å². The Balaban J connectivity index is 1.58. The zero-order valence-electron chi connectivity index (χ0n) is 17.8. The van der Waals surface area contributed by atoms with Crippen molar-refractivity contribution in [3.63, 3.8) is 0 Å². The second-order valence-corrected chi connectivity index (χ2v) is 10.6. The van der Waals surface area contributed by atoms with Gasteiger partial charge in [-0.25, -0.2) is 8.42 Å². The maximum Gasteiger partial charge on any atom is 0.191 e. The number of rotatable bonds is 9. The number of nitrogens with zero attached hydrogens (tertiary/aromatic N) is 2. The molecule has 1 aromatic carbocycles. The van der Waals surface area contributed by atoms with Crippen molar-refractivity contribution in [3.05, 3.63) is 52.2 Å². The van der Waals surface area contributed by atoms with E-state index in [1.807, 2.05) is 12.1 Å². The van der Waals surface area contributed by atoms with Crippen LogP contribution in [0.15, 0.2) is 51.7 Å². The third-order valence-electron chi connectivity index (χ3n) is 5.28. The summed E-state index contributed by atoms with van der Waals surface area (Å²) in [5, 5.41) is 8.88. The Labute approximate surface area is 184 Å².